The third-order valence-electron chi connectivity index (χ3n) is 5.08. The fourth-order valence-corrected chi connectivity index (χ4v) is 3.60. The zero-order chi connectivity index (χ0) is 23.4. The largest absolute Gasteiger partial charge is 0.480 e. The van der Waals surface area contributed by atoms with E-state index in [0.29, 0.717) is 5.69 Å². The molecule has 0 aromatic heterocycles. The number of carbonyl (C=O) groups excluding carboxylic acids is 2. The van der Waals surface area contributed by atoms with E-state index >= 15 is 0 Å². The molecule has 3 rings (SSSR count). The van der Waals surface area contributed by atoms with Crippen LogP contribution in [0.4, 0.5) is 16.2 Å². The van der Waals surface area contributed by atoms with Gasteiger partial charge in [0.2, 0.25) is 0 Å². The summed E-state index contributed by atoms with van der Waals surface area (Å²) in [7, 11) is 0. The highest BCUT2D eigenvalue weighted by Gasteiger charge is 2.22. The SMILES string of the molecule is Cc1cc(C)c(NC(=O)Nc2cc3ccccc3cc2C(=O)N[C@@H](CO)C(=O)O)c(C)c1. The molecule has 0 unspecified atom stereocenters. The first-order valence-corrected chi connectivity index (χ1v) is 10.0. The van der Waals surface area contributed by atoms with Crippen molar-refractivity contribution in [3.05, 3.63) is 70.8 Å². The highest BCUT2D eigenvalue weighted by Crippen LogP contribution is 2.26. The van der Waals surface area contributed by atoms with Crippen LogP contribution in [0, 0.1) is 20.8 Å². The molecule has 166 valence electrons. The number of amides is 3. The molecule has 0 saturated heterocycles. The van der Waals surface area contributed by atoms with Crippen LogP contribution in [0.5, 0.6) is 0 Å². The normalized spacial score (nSPS) is 11.6. The van der Waals surface area contributed by atoms with Crippen molar-refractivity contribution in [1.82, 2.24) is 5.32 Å². The number of urea groups is 1. The van der Waals surface area contributed by atoms with Gasteiger partial charge in [0.05, 0.1) is 17.9 Å². The Labute approximate surface area is 185 Å². The summed E-state index contributed by atoms with van der Waals surface area (Å²) >= 11 is 0. The zero-order valence-electron chi connectivity index (χ0n) is 18.0. The summed E-state index contributed by atoms with van der Waals surface area (Å²) in [4.78, 5) is 36.8. The van der Waals surface area contributed by atoms with Crippen LogP contribution in [0.2, 0.25) is 0 Å². The second kappa shape index (κ2) is 9.49. The van der Waals surface area contributed by atoms with Crippen LogP contribution in [0.25, 0.3) is 10.8 Å². The number of aliphatic hydroxyl groups is 1. The molecule has 8 heteroatoms. The number of hydrogen-bond donors (Lipinski definition) is 5. The molecule has 0 saturated carbocycles. The number of fused-ring (bicyclic) bond motifs is 1. The van der Waals surface area contributed by atoms with Gasteiger partial charge >= 0.3 is 12.0 Å². The number of carbonyl (C=O) groups is 3. The average molecular weight is 435 g/mol. The molecule has 0 aliphatic rings. The smallest absolute Gasteiger partial charge is 0.328 e. The minimum Gasteiger partial charge on any atom is -0.480 e. The van der Waals surface area contributed by atoms with E-state index in [1.54, 1.807) is 24.3 Å². The number of aliphatic carboxylic acids is 1. The van der Waals surface area contributed by atoms with Crippen molar-refractivity contribution in [2.24, 2.45) is 0 Å². The lowest BCUT2D eigenvalue weighted by atomic mass is 10.0. The Morgan fingerprint density at radius 1 is 0.906 bits per heavy atom. The van der Waals surface area contributed by atoms with E-state index in [-0.39, 0.29) is 11.3 Å². The Morgan fingerprint density at radius 2 is 1.50 bits per heavy atom. The van der Waals surface area contributed by atoms with Crippen molar-refractivity contribution in [2.45, 2.75) is 26.8 Å². The maximum absolute atomic E-state index is 12.8. The fraction of sp³-hybridized carbons (Fsp3) is 0.208. The monoisotopic (exact) mass is 435 g/mol. The second-order valence-corrected chi connectivity index (χ2v) is 7.64. The van der Waals surface area contributed by atoms with Gasteiger partial charge in [0.1, 0.15) is 0 Å². The lowest BCUT2D eigenvalue weighted by Gasteiger charge is -2.17. The van der Waals surface area contributed by atoms with Gasteiger partial charge in [-0.1, -0.05) is 42.0 Å². The number of carboxylic acids is 1. The molecule has 32 heavy (non-hydrogen) atoms. The van der Waals surface area contributed by atoms with Crippen LogP contribution >= 0.6 is 0 Å². The molecule has 5 N–H and O–H groups in total. The van der Waals surface area contributed by atoms with Crippen molar-refractivity contribution < 1.29 is 24.6 Å². The number of hydrogen-bond acceptors (Lipinski definition) is 4. The summed E-state index contributed by atoms with van der Waals surface area (Å²) in [5.74, 6) is -2.09. The Morgan fingerprint density at radius 3 is 2.06 bits per heavy atom. The van der Waals surface area contributed by atoms with E-state index < -0.39 is 30.6 Å². The van der Waals surface area contributed by atoms with Gasteiger partial charge in [0.15, 0.2) is 6.04 Å². The Balaban J connectivity index is 1.94. The molecule has 0 aliphatic carbocycles. The first-order chi connectivity index (χ1) is 15.2. The van der Waals surface area contributed by atoms with E-state index in [2.05, 4.69) is 16.0 Å². The predicted octanol–water partition coefficient (Wildman–Crippen LogP) is 3.58. The quantitative estimate of drug-likeness (QED) is 0.404. The zero-order valence-corrected chi connectivity index (χ0v) is 18.0. The van der Waals surface area contributed by atoms with Crippen molar-refractivity contribution >= 4 is 40.1 Å². The van der Waals surface area contributed by atoms with Gasteiger partial charge in [0.25, 0.3) is 5.91 Å². The summed E-state index contributed by atoms with van der Waals surface area (Å²) in [6, 6.07) is 12.4. The molecule has 3 aromatic carbocycles. The number of rotatable bonds is 6. The van der Waals surface area contributed by atoms with Gasteiger partial charge in [-0.25, -0.2) is 9.59 Å². The predicted molar refractivity (Wildman–Crippen MR) is 123 cm³/mol. The molecular weight excluding hydrogens is 410 g/mol. The van der Waals surface area contributed by atoms with Crippen LogP contribution in [0.3, 0.4) is 0 Å². The Hall–Kier alpha value is -3.91. The molecule has 3 aromatic rings. The maximum Gasteiger partial charge on any atom is 0.328 e. The second-order valence-electron chi connectivity index (χ2n) is 7.64. The molecule has 0 aliphatic heterocycles. The van der Waals surface area contributed by atoms with E-state index in [1.165, 1.54) is 0 Å². The number of anilines is 2. The summed E-state index contributed by atoms with van der Waals surface area (Å²) < 4.78 is 0. The summed E-state index contributed by atoms with van der Waals surface area (Å²) in [6.45, 7) is 5.00. The Kier molecular flexibility index (Phi) is 6.75. The molecule has 0 heterocycles. The number of nitrogens with one attached hydrogen (secondary N) is 3. The number of carboxylic acid groups (broad SMARTS) is 1. The highest BCUT2D eigenvalue weighted by atomic mass is 16.4. The topological polar surface area (TPSA) is 128 Å². The Bertz CT molecular complexity index is 1180. The van der Waals surface area contributed by atoms with Gasteiger partial charge < -0.3 is 26.2 Å². The van der Waals surface area contributed by atoms with E-state index in [9.17, 15) is 19.5 Å². The van der Waals surface area contributed by atoms with Crippen molar-refractivity contribution in [2.75, 3.05) is 17.2 Å². The van der Waals surface area contributed by atoms with Crippen LogP contribution in [-0.2, 0) is 4.79 Å². The molecule has 0 spiro atoms. The molecule has 0 bridgehead atoms. The van der Waals surface area contributed by atoms with Gasteiger partial charge in [-0.05, 0) is 54.8 Å². The first kappa shape index (κ1) is 22.8. The van der Waals surface area contributed by atoms with E-state index in [0.717, 1.165) is 27.5 Å². The van der Waals surface area contributed by atoms with Crippen LogP contribution < -0.4 is 16.0 Å². The third-order valence-corrected chi connectivity index (χ3v) is 5.08. The van der Waals surface area contributed by atoms with Crippen molar-refractivity contribution in [1.29, 1.82) is 0 Å². The standard InChI is InChI=1S/C24H25N3O5/c1-13-8-14(2)21(15(3)9-13)27-24(32)26-19-11-17-7-5-4-6-16(17)10-18(19)22(29)25-20(12-28)23(30)31/h4-11,20,28H,12H2,1-3H3,(H,25,29)(H,30,31)(H2,26,27,32)/t20-/m0/s1. The summed E-state index contributed by atoms with van der Waals surface area (Å²) in [5, 5.41) is 27.7. The van der Waals surface area contributed by atoms with Crippen molar-refractivity contribution in [3.8, 4) is 0 Å². The molecule has 1 atom stereocenters. The van der Waals surface area contributed by atoms with Crippen LogP contribution in [0.15, 0.2) is 48.5 Å². The van der Waals surface area contributed by atoms with Gasteiger partial charge in [-0.3, -0.25) is 4.79 Å². The van der Waals surface area contributed by atoms with E-state index in [1.807, 2.05) is 45.0 Å². The lowest BCUT2D eigenvalue weighted by Crippen LogP contribution is -2.43. The molecular formula is C24H25N3O5. The minimum absolute atomic E-state index is 0.0795. The third kappa shape index (κ3) is 5.04. The minimum atomic E-state index is -1.46. The van der Waals surface area contributed by atoms with E-state index in [4.69, 9.17) is 5.11 Å². The highest BCUT2D eigenvalue weighted by molar-refractivity contribution is 6.10. The molecule has 0 radical (unpaired) electrons. The number of aryl methyl sites for hydroxylation is 3. The average Bonchev–Trinajstić information content (AvgIpc) is 2.73. The fourth-order valence-electron chi connectivity index (χ4n) is 3.60. The van der Waals surface area contributed by atoms with Gasteiger partial charge in [0, 0.05) is 5.69 Å². The van der Waals surface area contributed by atoms with Crippen LogP contribution in [0.1, 0.15) is 27.0 Å². The number of benzene rings is 3. The van der Waals surface area contributed by atoms with Crippen molar-refractivity contribution in [3.63, 3.8) is 0 Å². The maximum atomic E-state index is 12.8. The lowest BCUT2D eigenvalue weighted by molar-refractivity contribution is -0.140. The van der Waals surface area contributed by atoms with Gasteiger partial charge in [-0.15, -0.1) is 0 Å². The molecule has 0 fully saturated rings. The summed E-state index contributed by atoms with van der Waals surface area (Å²) in [5.41, 5.74) is 3.85. The number of aliphatic hydroxyl groups excluding tert-OH is 1. The van der Waals surface area contributed by atoms with Crippen LogP contribution in [-0.4, -0.2) is 40.8 Å². The molecule has 8 nitrogen and oxygen atoms in total. The first-order valence-electron chi connectivity index (χ1n) is 10.0. The molecule has 3 amide bonds. The summed E-state index contributed by atoms with van der Waals surface area (Å²) in [6.07, 6.45) is 0. The van der Waals surface area contributed by atoms with Gasteiger partial charge in [-0.2, -0.15) is 0 Å².